The molecule has 3 fully saturated rings. The van der Waals surface area contributed by atoms with Crippen LogP contribution >= 0.6 is 0 Å². The summed E-state index contributed by atoms with van der Waals surface area (Å²) in [5, 5.41) is 6.59. The summed E-state index contributed by atoms with van der Waals surface area (Å²) >= 11 is 0. The van der Waals surface area contributed by atoms with Crippen LogP contribution in [0.2, 0.25) is 0 Å². The number of fused-ring (bicyclic) bond motifs is 1. The van der Waals surface area contributed by atoms with Crippen LogP contribution in [-0.4, -0.2) is 37.2 Å². The van der Waals surface area contributed by atoms with Gasteiger partial charge in [-0.05, 0) is 19.3 Å². The van der Waals surface area contributed by atoms with Gasteiger partial charge in [0.25, 0.3) is 0 Å². The first-order valence-corrected chi connectivity index (χ1v) is 7.23. The molecule has 0 aromatic rings. The summed E-state index contributed by atoms with van der Waals surface area (Å²) in [4.78, 5) is 11.6. The van der Waals surface area contributed by atoms with Crippen LogP contribution in [0.1, 0.15) is 39.5 Å². The summed E-state index contributed by atoms with van der Waals surface area (Å²) < 4.78 is 5.77. The molecule has 0 aromatic carbocycles. The molecule has 1 saturated heterocycles. The van der Waals surface area contributed by atoms with E-state index in [4.69, 9.17) is 4.74 Å². The molecule has 3 rings (SSSR count). The van der Waals surface area contributed by atoms with Crippen LogP contribution in [0.5, 0.6) is 0 Å². The van der Waals surface area contributed by atoms with E-state index in [1.807, 2.05) is 0 Å². The van der Waals surface area contributed by atoms with Crippen LogP contribution in [0.15, 0.2) is 0 Å². The van der Waals surface area contributed by atoms with Gasteiger partial charge in [-0.15, -0.1) is 0 Å². The summed E-state index contributed by atoms with van der Waals surface area (Å²) in [5.41, 5.74) is 0.216. The summed E-state index contributed by atoms with van der Waals surface area (Å²) in [6, 6.07) is 0.990. The van der Waals surface area contributed by atoms with Crippen LogP contribution in [0, 0.1) is 11.3 Å². The maximum Gasteiger partial charge on any atom is 0.221 e. The topological polar surface area (TPSA) is 50.4 Å². The number of hydrogen-bond acceptors (Lipinski definition) is 3. The van der Waals surface area contributed by atoms with Gasteiger partial charge in [0.15, 0.2) is 0 Å². The molecule has 0 aromatic heterocycles. The van der Waals surface area contributed by atoms with Crippen LogP contribution in [0.25, 0.3) is 0 Å². The monoisotopic (exact) mass is 252 g/mol. The van der Waals surface area contributed by atoms with E-state index in [-0.39, 0.29) is 11.3 Å². The van der Waals surface area contributed by atoms with Gasteiger partial charge in [-0.2, -0.15) is 0 Å². The van der Waals surface area contributed by atoms with Gasteiger partial charge >= 0.3 is 0 Å². The van der Waals surface area contributed by atoms with Crippen molar-refractivity contribution in [2.45, 2.75) is 57.7 Å². The van der Waals surface area contributed by atoms with E-state index in [9.17, 15) is 4.79 Å². The summed E-state index contributed by atoms with van der Waals surface area (Å²) in [6.07, 6.45) is 4.52. The molecule has 3 atom stereocenters. The summed E-state index contributed by atoms with van der Waals surface area (Å²) in [6.45, 7) is 6.22. The zero-order chi connectivity index (χ0) is 12.8. The molecule has 0 radical (unpaired) electrons. The Bertz CT molecular complexity index is 339. The Morgan fingerprint density at radius 2 is 2.11 bits per heavy atom. The molecule has 0 bridgehead atoms. The molecule has 1 amide bonds. The lowest BCUT2D eigenvalue weighted by molar-refractivity contribution is -0.122. The minimum Gasteiger partial charge on any atom is -0.377 e. The Balaban J connectivity index is 1.41. The SMILES string of the molecule is CC1(C)C(NCCC(=O)NC2CC2)C2CCOC21. The highest BCUT2D eigenvalue weighted by Crippen LogP contribution is 2.51. The van der Waals surface area contributed by atoms with Gasteiger partial charge in [0.2, 0.25) is 5.91 Å². The maximum absolute atomic E-state index is 11.6. The Kier molecular flexibility index (Phi) is 3.10. The fourth-order valence-corrected chi connectivity index (χ4v) is 3.61. The van der Waals surface area contributed by atoms with Gasteiger partial charge in [-0.3, -0.25) is 4.79 Å². The molecule has 2 aliphatic carbocycles. The van der Waals surface area contributed by atoms with Crippen molar-refractivity contribution in [1.82, 2.24) is 10.6 Å². The number of amides is 1. The van der Waals surface area contributed by atoms with Crippen LogP contribution in [0.4, 0.5) is 0 Å². The van der Waals surface area contributed by atoms with Crippen molar-refractivity contribution in [1.29, 1.82) is 0 Å². The van der Waals surface area contributed by atoms with Gasteiger partial charge in [0.1, 0.15) is 0 Å². The standard InChI is InChI=1S/C14H24N2O2/c1-14(2)12(10-6-8-18-13(10)14)15-7-5-11(17)16-9-3-4-9/h9-10,12-13,15H,3-8H2,1-2H3,(H,16,17). The first-order valence-electron chi connectivity index (χ1n) is 7.23. The van der Waals surface area contributed by atoms with Crippen molar-refractivity contribution >= 4 is 5.91 Å². The molecule has 18 heavy (non-hydrogen) atoms. The predicted octanol–water partition coefficient (Wildman–Crippen LogP) is 1.06. The predicted molar refractivity (Wildman–Crippen MR) is 69.2 cm³/mol. The largest absolute Gasteiger partial charge is 0.377 e. The first kappa shape index (κ1) is 12.4. The third-order valence-corrected chi connectivity index (χ3v) is 4.76. The molecule has 0 spiro atoms. The maximum atomic E-state index is 11.6. The van der Waals surface area contributed by atoms with Gasteiger partial charge in [-0.1, -0.05) is 13.8 Å². The van der Waals surface area contributed by atoms with Crippen molar-refractivity contribution in [3.8, 4) is 0 Å². The lowest BCUT2D eigenvalue weighted by Gasteiger charge is -2.55. The lowest BCUT2D eigenvalue weighted by atomic mass is 9.57. The third kappa shape index (κ3) is 2.16. The highest BCUT2D eigenvalue weighted by atomic mass is 16.5. The number of hydrogen-bond donors (Lipinski definition) is 2. The van der Waals surface area contributed by atoms with E-state index in [0.29, 0.717) is 30.5 Å². The van der Waals surface area contributed by atoms with Gasteiger partial charge in [0.05, 0.1) is 6.10 Å². The van der Waals surface area contributed by atoms with E-state index < -0.39 is 0 Å². The minimum atomic E-state index is 0.196. The number of carbonyl (C=O) groups excluding carboxylic acids is 1. The zero-order valence-corrected chi connectivity index (χ0v) is 11.4. The fraction of sp³-hybridized carbons (Fsp3) is 0.929. The second-order valence-corrected chi connectivity index (χ2v) is 6.59. The molecule has 3 aliphatic rings. The second kappa shape index (κ2) is 4.49. The number of ether oxygens (including phenoxy) is 1. The van der Waals surface area contributed by atoms with E-state index in [1.54, 1.807) is 0 Å². The van der Waals surface area contributed by atoms with Crippen LogP contribution in [0.3, 0.4) is 0 Å². The number of carbonyl (C=O) groups is 1. The van der Waals surface area contributed by atoms with Crippen molar-refractivity contribution < 1.29 is 9.53 Å². The molecular formula is C14H24N2O2. The normalized spacial score (nSPS) is 36.9. The lowest BCUT2D eigenvalue weighted by Crippen LogP contribution is -2.66. The summed E-state index contributed by atoms with van der Waals surface area (Å²) in [7, 11) is 0. The van der Waals surface area contributed by atoms with Crippen LogP contribution < -0.4 is 10.6 Å². The van der Waals surface area contributed by atoms with Crippen molar-refractivity contribution in [2.24, 2.45) is 11.3 Å². The van der Waals surface area contributed by atoms with Crippen molar-refractivity contribution in [2.75, 3.05) is 13.2 Å². The highest BCUT2D eigenvalue weighted by Gasteiger charge is 2.58. The molecular weight excluding hydrogens is 228 g/mol. The average Bonchev–Trinajstić information content (AvgIpc) is 3.00. The van der Waals surface area contributed by atoms with Crippen molar-refractivity contribution in [3.05, 3.63) is 0 Å². The number of nitrogens with one attached hydrogen (secondary N) is 2. The Morgan fingerprint density at radius 3 is 2.83 bits per heavy atom. The zero-order valence-electron chi connectivity index (χ0n) is 11.4. The fourth-order valence-electron chi connectivity index (χ4n) is 3.61. The summed E-state index contributed by atoms with van der Waals surface area (Å²) in [5.74, 6) is 0.854. The number of rotatable bonds is 5. The van der Waals surface area contributed by atoms with Crippen LogP contribution in [-0.2, 0) is 9.53 Å². The van der Waals surface area contributed by atoms with E-state index in [1.165, 1.54) is 6.42 Å². The first-order chi connectivity index (χ1) is 8.59. The molecule has 1 aliphatic heterocycles. The van der Waals surface area contributed by atoms with E-state index >= 15 is 0 Å². The van der Waals surface area contributed by atoms with Gasteiger partial charge in [0, 0.05) is 43.0 Å². The molecule has 4 nitrogen and oxygen atoms in total. The average molecular weight is 252 g/mol. The van der Waals surface area contributed by atoms with Crippen molar-refractivity contribution in [3.63, 3.8) is 0 Å². The molecule has 1 heterocycles. The quantitative estimate of drug-likeness (QED) is 0.769. The smallest absolute Gasteiger partial charge is 0.221 e. The highest BCUT2D eigenvalue weighted by molar-refractivity contribution is 5.76. The Labute approximate surface area is 109 Å². The van der Waals surface area contributed by atoms with Gasteiger partial charge in [-0.25, -0.2) is 0 Å². The van der Waals surface area contributed by atoms with E-state index in [2.05, 4.69) is 24.5 Å². The molecule has 102 valence electrons. The van der Waals surface area contributed by atoms with Gasteiger partial charge < -0.3 is 15.4 Å². The minimum absolute atomic E-state index is 0.196. The Morgan fingerprint density at radius 1 is 1.33 bits per heavy atom. The Hall–Kier alpha value is -0.610. The van der Waals surface area contributed by atoms with E-state index in [0.717, 1.165) is 26.0 Å². The molecule has 4 heteroatoms. The third-order valence-electron chi connectivity index (χ3n) is 4.76. The molecule has 2 saturated carbocycles. The molecule has 2 N–H and O–H groups in total. The second-order valence-electron chi connectivity index (χ2n) is 6.59. The molecule has 3 unspecified atom stereocenters.